The van der Waals surface area contributed by atoms with Gasteiger partial charge in [-0.05, 0) is 24.3 Å². The molecule has 2 aromatic rings. The lowest BCUT2D eigenvalue weighted by atomic mass is 10.2. The first-order valence-corrected chi connectivity index (χ1v) is 8.83. The molecular formula is C15H17ClF3NOS2. The van der Waals surface area contributed by atoms with Crippen LogP contribution in [0.15, 0.2) is 34.1 Å². The van der Waals surface area contributed by atoms with E-state index in [1.165, 1.54) is 25.0 Å². The van der Waals surface area contributed by atoms with Crippen LogP contribution >= 0.6 is 34.7 Å². The van der Waals surface area contributed by atoms with Crippen molar-refractivity contribution in [2.24, 2.45) is 0 Å². The number of nitrogen functional groups attached to an aromatic ring is 1. The Kier molecular flexibility index (Phi) is 7.57. The number of rotatable bonds is 3. The predicted octanol–water partition coefficient (Wildman–Crippen LogP) is 6.67. The summed E-state index contributed by atoms with van der Waals surface area (Å²) in [5, 5.41) is 10.1. The zero-order valence-electron chi connectivity index (χ0n) is 12.6. The third-order valence-corrected chi connectivity index (χ3v) is 5.10. The Morgan fingerprint density at radius 1 is 1.17 bits per heavy atom. The van der Waals surface area contributed by atoms with Crippen molar-refractivity contribution < 1.29 is 18.3 Å². The molecule has 1 aromatic heterocycles. The van der Waals surface area contributed by atoms with Gasteiger partial charge in [-0.25, -0.2) is 0 Å². The van der Waals surface area contributed by atoms with Crippen LogP contribution < -0.4 is 5.73 Å². The van der Waals surface area contributed by atoms with E-state index in [1.807, 2.05) is 0 Å². The van der Waals surface area contributed by atoms with E-state index in [0.717, 1.165) is 35.2 Å². The summed E-state index contributed by atoms with van der Waals surface area (Å²) < 4.78 is 37.8. The molecule has 128 valence electrons. The summed E-state index contributed by atoms with van der Waals surface area (Å²) >= 11 is 7.75. The number of aromatic hydroxyl groups is 1. The molecule has 0 aliphatic rings. The number of unbranched alkanes of at least 4 members (excludes halogenated alkanes) is 1. The third kappa shape index (κ3) is 6.16. The van der Waals surface area contributed by atoms with Gasteiger partial charge in [0.1, 0.15) is 0 Å². The van der Waals surface area contributed by atoms with E-state index in [0.29, 0.717) is 9.90 Å². The number of alkyl halides is 3. The van der Waals surface area contributed by atoms with Crippen molar-refractivity contribution in [2.45, 2.75) is 42.7 Å². The molecule has 0 atom stereocenters. The molecule has 0 saturated carbocycles. The summed E-state index contributed by atoms with van der Waals surface area (Å²) in [6, 6.07) is 4.52. The first-order valence-electron chi connectivity index (χ1n) is 6.81. The maximum Gasteiger partial charge on any atom is 0.416 e. The van der Waals surface area contributed by atoms with Crippen LogP contribution in [0.25, 0.3) is 0 Å². The van der Waals surface area contributed by atoms with Crippen molar-refractivity contribution >= 4 is 39.7 Å². The summed E-state index contributed by atoms with van der Waals surface area (Å²) in [4.78, 5) is 0.591. The Morgan fingerprint density at radius 2 is 1.78 bits per heavy atom. The largest absolute Gasteiger partial charge is 0.499 e. The molecule has 0 radical (unpaired) electrons. The van der Waals surface area contributed by atoms with Crippen LogP contribution in [0.5, 0.6) is 5.06 Å². The van der Waals surface area contributed by atoms with Crippen molar-refractivity contribution in [3.8, 4) is 5.06 Å². The van der Waals surface area contributed by atoms with Gasteiger partial charge in [0.05, 0.1) is 20.5 Å². The molecular weight excluding hydrogens is 367 g/mol. The fraction of sp³-hybridized carbons (Fsp3) is 0.333. The average molecular weight is 384 g/mol. The topological polar surface area (TPSA) is 46.2 Å². The first-order chi connectivity index (χ1) is 10.7. The van der Waals surface area contributed by atoms with E-state index < -0.39 is 11.7 Å². The number of benzene rings is 1. The Bertz CT molecular complexity index is 642. The molecule has 23 heavy (non-hydrogen) atoms. The van der Waals surface area contributed by atoms with E-state index >= 15 is 0 Å². The summed E-state index contributed by atoms with van der Waals surface area (Å²) in [6.07, 6.45) is -1.80. The highest BCUT2D eigenvalue weighted by Gasteiger charge is 2.31. The zero-order chi connectivity index (χ0) is 17.6. The molecule has 0 aliphatic carbocycles. The summed E-state index contributed by atoms with van der Waals surface area (Å²) in [5.74, 6) is 0. The number of hydrogen-bond donors (Lipinski definition) is 2. The van der Waals surface area contributed by atoms with Gasteiger partial charge in [-0.2, -0.15) is 13.2 Å². The quantitative estimate of drug-likeness (QED) is 0.622. The fourth-order valence-electron chi connectivity index (χ4n) is 1.33. The molecule has 0 saturated heterocycles. The smallest absolute Gasteiger partial charge is 0.416 e. The van der Waals surface area contributed by atoms with Gasteiger partial charge in [0.15, 0.2) is 5.06 Å². The Labute approximate surface area is 146 Å². The lowest BCUT2D eigenvalue weighted by Crippen LogP contribution is -2.04. The van der Waals surface area contributed by atoms with E-state index in [2.05, 4.69) is 13.8 Å². The van der Waals surface area contributed by atoms with E-state index in [9.17, 15) is 18.3 Å². The van der Waals surface area contributed by atoms with Crippen LogP contribution in [0.4, 0.5) is 18.2 Å². The van der Waals surface area contributed by atoms with Crippen LogP contribution in [-0.4, -0.2) is 5.11 Å². The van der Waals surface area contributed by atoms with E-state index in [4.69, 9.17) is 17.3 Å². The molecule has 2 rings (SSSR count). The minimum Gasteiger partial charge on any atom is -0.499 e. The van der Waals surface area contributed by atoms with Crippen molar-refractivity contribution in [2.75, 3.05) is 5.73 Å². The van der Waals surface area contributed by atoms with Gasteiger partial charge < -0.3 is 10.8 Å². The normalized spacial score (nSPS) is 11.0. The maximum atomic E-state index is 12.6. The van der Waals surface area contributed by atoms with Crippen molar-refractivity contribution in [1.29, 1.82) is 0 Å². The van der Waals surface area contributed by atoms with Gasteiger partial charge in [-0.1, -0.05) is 61.4 Å². The lowest BCUT2D eigenvalue weighted by molar-refractivity contribution is -0.137. The molecule has 1 aromatic carbocycles. The molecule has 0 spiro atoms. The van der Waals surface area contributed by atoms with Gasteiger partial charge >= 0.3 is 6.18 Å². The van der Waals surface area contributed by atoms with Crippen LogP contribution in [-0.2, 0) is 6.18 Å². The van der Waals surface area contributed by atoms with Gasteiger partial charge in [-0.3, -0.25) is 0 Å². The van der Waals surface area contributed by atoms with Crippen LogP contribution in [0.3, 0.4) is 0 Å². The van der Waals surface area contributed by atoms with E-state index in [-0.39, 0.29) is 15.0 Å². The minimum absolute atomic E-state index is 0.0454. The SMILES string of the molecule is CCCC.Nc1cc(Sc2cc(C(F)(F)F)ccc2Cl)c(O)s1. The van der Waals surface area contributed by atoms with Gasteiger partial charge in [-0.15, -0.1) is 0 Å². The monoisotopic (exact) mass is 383 g/mol. The molecule has 0 bridgehead atoms. The van der Waals surface area contributed by atoms with Crippen LogP contribution in [0, 0.1) is 0 Å². The summed E-state index contributed by atoms with van der Waals surface area (Å²) in [5.41, 5.74) is 4.71. The Morgan fingerprint density at radius 3 is 2.22 bits per heavy atom. The van der Waals surface area contributed by atoms with Gasteiger partial charge in [0.25, 0.3) is 0 Å². The summed E-state index contributed by atoms with van der Waals surface area (Å²) in [7, 11) is 0. The van der Waals surface area contributed by atoms with Crippen LogP contribution in [0.2, 0.25) is 5.02 Å². The maximum absolute atomic E-state index is 12.6. The molecule has 0 fully saturated rings. The number of nitrogens with two attached hydrogens (primary N) is 1. The van der Waals surface area contributed by atoms with Crippen molar-refractivity contribution in [1.82, 2.24) is 0 Å². The highest BCUT2D eigenvalue weighted by atomic mass is 35.5. The molecule has 0 aliphatic heterocycles. The lowest BCUT2D eigenvalue weighted by Gasteiger charge is -2.09. The number of halogens is 4. The van der Waals surface area contributed by atoms with Gasteiger partial charge in [0, 0.05) is 4.90 Å². The van der Waals surface area contributed by atoms with Crippen LogP contribution in [0.1, 0.15) is 32.3 Å². The second kappa shape index (κ2) is 8.70. The Hall–Kier alpha value is -1.05. The number of anilines is 1. The van der Waals surface area contributed by atoms with E-state index in [1.54, 1.807) is 0 Å². The number of thiophene rings is 1. The average Bonchev–Trinajstić information content (AvgIpc) is 2.78. The fourth-order valence-corrected chi connectivity index (χ4v) is 3.31. The second-order valence-corrected chi connectivity index (χ2v) is 7.12. The Balaban J connectivity index is 0.000000593. The highest BCUT2D eigenvalue weighted by molar-refractivity contribution is 7.99. The minimum atomic E-state index is -4.43. The molecule has 2 nitrogen and oxygen atoms in total. The third-order valence-electron chi connectivity index (χ3n) is 2.68. The zero-order valence-corrected chi connectivity index (χ0v) is 15.0. The van der Waals surface area contributed by atoms with Crippen molar-refractivity contribution in [3.05, 3.63) is 34.9 Å². The van der Waals surface area contributed by atoms with Crippen molar-refractivity contribution in [3.63, 3.8) is 0 Å². The molecule has 0 unspecified atom stereocenters. The second-order valence-electron chi connectivity index (χ2n) is 4.56. The number of hydrogen-bond acceptors (Lipinski definition) is 4. The highest BCUT2D eigenvalue weighted by Crippen LogP contribution is 2.44. The standard InChI is InChI=1S/C11H7ClF3NOS2.C4H10/c12-6-2-1-5(11(13,14)15)3-7(6)18-8-4-9(16)19-10(8)17;1-3-4-2/h1-4,17H,16H2;3-4H2,1-2H3. The molecule has 1 heterocycles. The summed E-state index contributed by atoms with van der Waals surface area (Å²) in [6.45, 7) is 4.36. The van der Waals surface area contributed by atoms with Gasteiger partial charge in [0.2, 0.25) is 0 Å². The molecule has 0 amide bonds. The molecule has 3 N–H and O–H groups in total. The molecule has 8 heteroatoms. The first kappa shape index (κ1) is 20.0. The predicted molar refractivity (Wildman–Crippen MR) is 91.6 cm³/mol.